The molecule has 0 fully saturated rings. The van der Waals surface area contributed by atoms with Gasteiger partial charge in [-0.2, -0.15) is 0 Å². The quantitative estimate of drug-likeness (QED) is 0.444. The summed E-state index contributed by atoms with van der Waals surface area (Å²) in [5.41, 5.74) is 1.11. The highest BCUT2D eigenvalue weighted by atomic mass is 16.6. The number of hydrogen-bond acceptors (Lipinski definition) is 4. The number of rotatable bonds is 7. The second kappa shape index (κ2) is 6.85. The van der Waals surface area contributed by atoms with Crippen molar-refractivity contribution >= 4 is 0 Å². The lowest BCUT2D eigenvalue weighted by atomic mass is 10.1. The van der Waals surface area contributed by atoms with Crippen LogP contribution in [0.25, 0.3) is 0 Å². The van der Waals surface area contributed by atoms with Gasteiger partial charge in [0.2, 0.25) is 6.04 Å². The second-order valence-electron chi connectivity index (χ2n) is 3.90. The fourth-order valence-corrected chi connectivity index (χ4v) is 1.52. The van der Waals surface area contributed by atoms with Crippen LogP contribution in [0.2, 0.25) is 0 Å². The summed E-state index contributed by atoms with van der Waals surface area (Å²) < 4.78 is 5.23. The molecule has 1 aromatic carbocycles. The van der Waals surface area contributed by atoms with E-state index in [9.17, 15) is 10.1 Å². The molecule has 1 N–H and O–H groups in total. The highest BCUT2D eigenvalue weighted by molar-refractivity contribution is 5.33. The molecule has 0 aliphatic heterocycles. The van der Waals surface area contributed by atoms with Crippen molar-refractivity contribution in [1.29, 1.82) is 0 Å². The maximum atomic E-state index is 10.4. The van der Waals surface area contributed by atoms with E-state index in [-0.39, 0.29) is 4.92 Å². The van der Waals surface area contributed by atoms with E-state index < -0.39 is 6.04 Å². The van der Waals surface area contributed by atoms with E-state index in [0.717, 1.165) is 17.7 Å². The lowest BCUT2D eigenvalue weighted by molar-refractivity contribution is -0.515. The van der Waals surface area contributed by atoms with Crippen molar-refractivity contribution in [2.24, 2.45) is 0 Å². The van der Waals surface area contributed by atoms with Crippen LogP contribution in [0.15, 0.2) is 24.3 Å². The fraction of sp³-hybridized carbons (Fsp3) is 0.500. The Morgan fingerprint density at radius 1 is 1.47 bits per heavy atom. The molecule has 0 bridgehead atoms. The zero-order valence-corrected chi connectivity index (χ0v) is 10.2. The van der Waals surface area contributed by atoms with E-state index in [2.05, 4.69) is 5.32 Å². The van der Waals surface area contributed by atoms with Gasteiger partial charge in [-0.25, -0.2) is 0 Å². The normalized spacial score (nSPS) is 12.1. The molecule has 17 heavy (non-hydrogen) atoms. The Hall–Kier alpha value is -1.62. The van der Waals surface area contributed by atoms with E-state index in [1.807, 2.05) is 24.3 Å². The number of nitro groups is 1. The zero-order valence-electron chi connectivity index (χ0n) is 10.2. The standard InChI is InChI=1S/C12H18N2O3/c1-10(14(15)16)9-13-8-7-11-5-3-4-6-12(11)17-2/h3-6,10,13H,7-9H2,1-2H3. The summed E-state index contributed by atoms with van der Waals surface area (Å²) in [6.45, 7) is 2.69. The van der Waals surface area contributed by atoms with Gasteiger partial charge in [0.25, 0.3) is 0 Å². The van der Waals surface area contributed by atoms with Crippen LogP contribution >= 0.6 is 0 Å². The Morgan fingerprint density at radius 2 is 2.18 bits per heavy atom. The number of hydrogen-bond donors (Lipinski definition) is 1. The first-order chi connectivity index (χ1) is 8.15. The molecular weight excluding hydrogens is 220 g/mol. The molecule has 1 rings (SSSR count). The highest BCUT2D eigenvalue weighted by Crippen LogP contribution is 2.17. The van der Waals surface area contributed by atoms with E-state index >= 15 is 0 Å². The van der Waals surface area contributed by atoms with Crippen LogP contribution in [0.3, 0.4) is 0 Å². The third kappa shape index (κ3) is 4.40. The van der Waals surface area contributed by atoms with Gasteiger partial charge in [-0.3, -0.25) is 10.1 Å². The Labute approximate surface area is 101 Å². The number of ether oxygens (including phenoxy) is 1. The summed E-state index contributed by atoms with van der Waals surface area (Å²) in [7, 11) is 1.64. The summed E-state index contributed by atoms with van der Waals surface area (Å²) in [6, 6.07) is 7.24. The van der Waals surface area contributed by atoms with Crippen molar-refractivity contribution in [3.05, 3.63) is 39.9 Å². The highest BCUT2D eigenvalue weighted by Gasteiger charge is 2.11. The van der Waals surface area contributed by atoms with Gasteiger partial charge >= 0.3 is 0 Å². The average Bonchev–Trinajstić information content (AvgIpc) is 2.34. The van der Waals surface area contributed by atoms with Gasteiger partial charge in [0.15, 0.2) is 0 Å². The minimum Gasteiger partial charge on any atom is -0.496 e. The summed E-state index contributed by atoms with van der Waals surface area (Å²) in [4.78, 5) is 10.1. The molecule has 0 aromatic heterocycles. The molecule has 94 valence electrons. The van der Waals surface area contributed by atoms with Crippen molar-refractivity contribution in [1.82, 2.24) is 5.32 Å². The maximum absolute atomic E-state index is 10.4. The lowest BCUT2D eigenvalue weighted by Gasteiger charge is -2.09. The largest absolute Gasteiger partial charge is 0.496 e. The fourth-order valence-electron chi connectivity index (χ4n) is 1.52. The summed E-state index contributed by atoms with van der Waals surface area (Å²) in [5.74, 6) is 0.858. The van der Waals surface area contributed by atoms with E-state index in [4.69, 9.17) is 4.74 Å². The Kier molecular flexibility index (Phi) is 5.42. The van der Waals surface area contributed by atoms with Gasteiger partial charge in [0, 0.05) is 11.8 Å². The third-order valence-corrected chi connectivity index (χ3v) is 2.56. The maximum Gasteiger partial charge on any atom is 0.222 e. The van der Waals surface area contributed by atoms with Crippen LogP contribution in [0, 0.1) is 10.1 Å². The molecule has 0 saturated carbocycles. The molecule has 1 aromatic rings. The molecule has 0 aliphatic rings. The minimum atomic E-state index is -0.548. The first-order valence-electron chi connectivity index (χ1n) is 5.61. The Morgan fingerprint density at radius 3 is 2.82 bits per heavy atom. The van der Waals surface area contributed by atoms with Crippen molar-refractivity contribution in [2.45, 2.75) is 19.4 Å². The molecule has 5 nitrogen and oxygen atoms in total. The summed E-state index contributed by atoms with van der Waals surface area (Å²) in [6.07, 6.45) is 0.800. The van der Waals surface area contributed by atoms with E-state index in [0.29, 0.717) is 13.1 Å². The predicted molar refractivity (Wildman–Crippen MR) is 66.0 cm³/mol. The Bertz CT molecular complexity index is 369. The smallest absolute Gasteiger partial charge is 0.222 e. The summed E-state index contributed by atoms with van der Waals surface area (Å²) >= 11 is 0. The molecule has 0 amide bonds. The molecule has 1 unspecified atom stereocenters. The Balaban J connectivity index is 2.33. The van der Waals surface area contributed by atoms with Crippen molar-refractivity contribution in [3.8, 4) is 5.75 Å². The third-order valence-electron chi connectivity index (χ3n) is 2.56. The van der Waals surface area contributed by atoms with Crippen LogP contribution in [0.5, 0.6) is 5.75 Å². The van der Waals surface area contributed by atoms with Gasteiger partial charge in [-0.05, 0) is 24.6 Å². The molecule has 0 spiro atoms. The zero-order chi connectivity index (χ0) is 12.7. The van der Waals surface area contributed by atoms with E-state index in [1.54, 1.807) is 14.0 Å². The van der Waals surface area contributed by atoms with Gasteiger partial charge in [0.1, 0.15) is 5.75 Å². The van der Waals surface area contributed by atoms with Gasteiger partial charge in [-0.1, -0.05) is 18.2 Å². The first-order valence-corrected chi connectivity index (χ1v) is 5.61. The molecule has 0 radical (unpaired) electrons. The molecule has 0 heterocycles. The molecule has 0 aliphatic carbocycles. The lowest BCUT2D eigenvalue weighted by Crippen LogP contribution is -2.31. The molecule has 1 atom stereocenters. The van der Waals surface area contributed by atoms with Crippen LogP contribution in [-0.2, 0) is 6.42 Å². The monoisotopic (exact) mass is 238 g/mol. The average molecular weight is 238 g/mol. The van der Waals surface area contributed by atoms with Crippen molar-refractivity contribution in [2.75, 3.05) is 20.2 Å². The number of nitrogens with zero attached hydrogens (tertiary/aromatic N) is 1. The summed E-state index contributed by atoms with van der Waals surface area (Å²) in [5, 5.41) is 13.5. The van der Waals surface area contributed by atoms with E-state index in [1.165, 1.54) is 0 Å². The number of methoxy groups -OCH3 is 1. The van der Waals surface area contributed by atoms with Crippen LogP contribution in [-0.4, -0.2) is 31.2 Å². The number of para-hydroxylation sites is 1. The minimum absolute atomic E-state index is 0.282. The van der Waals surface area contributed by atoms with Crippen LogP contribution in [0.4, 0.5) is 0 Å². The molecular formula is C12H18N2O3. The number of nitrogens with one attached hydrogen (secondary N) is 1. The van der Waals surface area contributed by atoms with Gasteiger partial charge in [0.05, 0.1) is 13.7 Å². The first kappa shape index (κ1) is 13.4. The van der Waals surface area contributed by atoms with Gasteiger partial charge < -0.3 is 10.1 Å². The molecule has 0 saturated heterocycles. The van der Waals surface area contributed by atoms with Gasteiger partial charge in [-0.15, -0.1) is 0 Å². The van der Waals surface area contributed by atoms with Crippen molar-refractivity contribution in [3.63, 3.8) is 0 Å². The van der Waals surface area contributed by atoms with Crippen LogP contribution < -0.4 is 10.1 Å². The SMILES string of the molecule is COc1ccccc1CCNCC(C)[N+](=O)[O-]. The van der Waals surface area contributed by atoms with Crippen LogP contribution in [0.1, 0.15) is 12.5 Å². The van der Waals surface area contributed by atoms with Crippen molar-refractivity contribution < 1.29 is 9.66 Å². The second-order valence-corrected chi connectivity index (χ2v) is 3.90. The number of benzene rings is 1. The predicted octanol–water partition coefficient (Wildman–Crippen LogP) is 1.49. The topological polar surface area (TPSA) is 64.4 Å². The molecule has 5 heteroatoms.